The van der Waals surface area contributed by atoms with Gasteiger partial charge >= 0.3 is 5.97 Å². The summed E-state index contributed by atoms with van der Waals surface area (Å²) in [6, 6.07) is 12.4. The van der Waals surface area contributed by atoms with Gasteiger partial charge in [0.05, 0.1) is 17.0 Å². The highest BCUT2D eigenvalue weighted by molar-refractivity contribution is 7.17. The molecule has 0 amide bonds. The molecule has 4 aromatic rings. The molecule has 0 atom stereocenters. The molecule has 2 N–H and O–H groups in total. The Labute approximate surface area is 192 Å². The summed E-state index contributed by atoms with van der Waals surface area (Å²) in [5.74, 6) is -2.88. The second-order valence-electron chi connectivity index (χ2n) is 8.47. The lowest BCUT2D eigenvalue weighted by atomic mass is 9.83. The van der Waals surface area contributed by atoms with Gasteiger partial charge in [-0.3, -0.25) is 0 Å². The number of hydrogen-bond donors (Lipinski definition) is 2. The summed E-state index contributed by atoms with van der Waals surface area (Å²) in [7, 11) is 0. The van der Waals surface area contributed by atoms with Crippen molar-refractivity contribution in [3.8, 4) is 27.9 Å². The van der Waals surface area contributed by atoms with E-state index in [4.69, 9.17) is 0 Å². The molecular formula is C25H20F2N2O3S. The molecule has 0 bridgehead atoms. The fraction of sp³-hybridized carbons (Fsp3) is 0.200. The number of phenols is 1. The van der Waals surface area contributed by atoms with Crippen LogP contribution in [-0.4, -0.2) is 20.7 Å². The predicted octanol–water partition coefficient (Wildman–Crippen LogP) is 6.54. The van der Waals surface area contributed by atoms with Gasteiger partial charge in [0.1, 0.15) is 10.7 Å². The third kappa shape index (κ3) is 3.64. The normalized spacial score (nSPS) is 11.6. The van der Waals surface area contributed by atoms with Crippen molar-refractivity contribution in [3.05, 3.63) is 70.2 Å². The van der Waals surface area contributed by atoms with E-state index >= 15 is 0 Å². The number of hydrogen-bond acceptors (Lipinski definition) is 4. The number of carbonyl (C=O) groups is 1. The maximum Gasteiger partial charge on any atom is 0.345 e. The smallest absolute Gasteiger partial charge is 0.345 e. The van der Waals surface area contributed by atoms with E-state index in [1.54, 1.807) is 29.7 Å². The van der Waals surface area contributed by atoms with Gasteiger partial charge in [-0.05, 0) is 55.0 Å². The molecule has 168 valence electrons. The Hall–Kier alpha value is -3.70. The van der Waals surface area contributed by atoms with Crippen LogP contribution >= 0.6 is 11.3 Å². The molecule has 0 aliphatic heterocycles. The third-order valence-corrected chi connectivity index (χ3v) is 6.77. The molecule has 8 heteroatoms. The minimum Gasteiger partial charge on any atom is -0.504 e. The highest BCUT2D eigenvalue weighted by Crippen LogP contribution is 2.49. The van der Waals surface area contributed by atoms with Crippen molar-refractivity contribution in [1.82, 2.24) is 4.57 Å². The predicted molar refractivity (Wildman–Crippen MR) is 123 cm³/mol. The summed E-state index contributed by atoms with van der Waals surface area (Å²) in [4.78, 5) is 12.1. The lowest BCUT2D eigenvalue weighted by Crippen LogP contribution is -2.21. The summed E-state index contributed by atoms with van der Waals surface area (Å²) in [6.07, 6.45) is 0.0942. The zero-order valence-corrected chi connectivity index (χ0v) is 18.9. The van der Waals surface area contributed by atoms with E-state index in [1.807, 2.05) is 13.8 Å². The van der Waals surface area contributed by atoms with Crippen LogP contribution in [0.25, 0.3) is 27.0 Å². The first kappa shape index (κ1) is 22.5. The van der Waals surface area contributed by atoms with Crippen molar-refractivity contribution >= 4 is 28.2 Å². The minimum atomic E-state index is -1.10. The molecule has 0 saturated heterocycles. The average Bonchev–Trinajstić information content (AvgIpc) is 3.36. The number of fused-ring (bicyclic) bond motifs is 1. The standard InChI is InChI=1S/C25H20F2N2O3S/c1-13-12-14(4-5-15(13)26)29-17-7-6-16(27)22(30)20(17)21(23(29)25(2,3)10-11-28)18-8-9-19(33-18)24(31)32/h4-9,12,30H,10H2,1-3H3,(H,31,32). The van der Waals surface area contributed by atoms with Gasteiger partial charge in [0.15, 0.2) is 11.6 Å². The molecule has 0 aliphatic rings. The number of aromatic carboxylic acids is 1. The molecule has 0 fully saturated rings. The summed E-state index contributed by atoms with van der Waals surface area (Å²) in [5, 5.41) is 29.9. The lowest BCUT2D eigenvalue weighted by Gasteiger charge is -2.26. The van der Waals surface area contributed by atoms with Crippen molar-refractivity contribution in [2.24, 2.45) is 0 Å². The Balaban J connectivity index is 2.23. The zero-order chi connectivity index (χ0) is 24.1. The molecule has 2 heterocycles. The first-order chi connectivity index (χ1) is 15.6. The van der Waals surface area contributed by atoms with Gasteiger partial charge in [-0.1, -0.05) is 13.8 Å². The van der Waals surface area contributed by atoms with Crippen molar-refractivity contribution in [1.29, 1.82) is 5.26 Å². The molecule has 5 nitrogen and oxygen atoms in total. The Morgan fingerprint density at radius 2 is 1.85 bits per heavy atom. The van der Waals surface area contributed by atoms with Gasteiger partial charge < -0.3 is 14.8 Å². The Morgan fingerprint density at radius 3 is 2.45 bits per heavy atom. The highest BCUT2D eigenvalue weighted by atomic mass is 32.1. The molecule has 0 radical (unpaired) electrons. The SMILES string of the molecule is Cc1cc(-n2c(C(C)(C)CC#N)c(-c3ccc(C(=O)O)s3)c3c(O)c(F)ccc32)ccc1F. The summed E-state index contributed by atoms with van der Waals surface area (Å²) >= 11 is 0.997. The number of aromatic nitrogens is 1. The van der Waals surface area contributed by atoms with Gasteiger partial charge in [0, 0.05) is 33.7 Å². The summed E-state index contributed by atoms with van der Waals surface area (Å²) in [5.41, 5.74) is 1.68. The number of nitrogens with zero attached hydrogens (tertiary/aromatic N) is 2. The van der Waals surface area contributed by atoms with Crippen LogP contribution in [0, 0.1) is 29.9 Å². The number of aryl methyl sites for hydroxylation is 1. The van der Waals surface area contributed by atoms with E-state index in [-0.39, 0.29) is 22.5 Å². The molecule has 2 aromatic heterocycles. The molecule has 0 spiro atoms. The number of rotatable bonds is 5. The number of benzene rings is 2. The topological polar surface area (TPSA) is 86.2 Å². The van der Waals surface area contributed by atoms with Crippen LogP contribution in [0.1, 0.15) is 41.2 Å². The largest absolute Gasteiger partial charge is 0.504 e. The monoisotopic (exact) mass is 466 g/mol. The van der Waals surface area contributed by atoms with Gasteiger partial charge in [-0.2, -0.15) is 5.26 Å². The number of carboxylic acid groups (broad SMARTS) is 1. The van der Waals surface area contributed by atoms with Crippen molar-refractivity contribution in [2.45, 2.75) is 32.6 Å². The van der Waals surface area contributed by atoms with E-state index < -0.39 is 23.0 Å². The molecule has 0 aliphatic carbocycles. The van der Waals surface area contributed by atoms with Gasteiger partial charge in [-0.25, -0.2) is 13.6 Å². The molecule has 33 heavy (non-hydrogen) atoms. The third-order valence-electron chi connectivity index (χ3n) is 5.68. The number of aromatic hydroxyl groups is 1. The molecular weight excluding hydrogens is 446 g/mol. The van der Waals surface area contributed by atoms with Crippen molar-refractivity contribution in [2.75, 3.05) is 0 Å². The van der Waals surface area contributed by atoms with Crippen LogP contribution in [0.15, 0.2) is 42.5 Å². The van der Waals surface area contributed by atoms with Crippen molar-refractivity contribution in [3.63, 3.8) is 0 Å². The Bertz CT molecular complexity index is 1460. The number of halogens is 2. The molecule has 4 rings (SSSR count). The number of thiophene rings is 1. The van der Waals surface area contributed by atoms with Crippen LogP contribution in [0.2, 0.25) is 0 Å². The van der Waals surface area contributed by atoms with E-state index in [1.165, 1.54) is 18.2 Å². The van der Waals surface area contributed by atoms with E-state index in [0.717, 1.165) is 17.4 Å². The number of phenolic OH excluding ortho intramolecular Hbond substituents is 1. The maximum absolute atomic E-state index is 14.5. The van der Waals surface area contributed by atoms with Gasteiger partial charge in [0.25, 0.3) is 0 Å². The Morgan fingerprint density at radius 1 is 1.15 bits per heavy atom. The fourth-order valence-electron chi connectivity index (χ4n) is 4.12. The number of carboxylic acids is 1. The molecule has 2 aromatic carbocycles. The average molecular weight is 467 g/mol. The van der Waals surface area contributed by atoms with Crippen LogP contribution < -0.4 is 0 Å². The van der Waals surface area contributed by atoms with E-state index in [0.29, 0.717) is 32.9 Å². The van der Waals surface area contributed by atoms with Crippen LogP contribution in [0.3, 0.4) is 0 Å². The maximum atomic E-state index is 14.5. The molecule has 0 saturated carbocycles. The quantitative estimate of drug-likeness (QED) is 0.350. The number of nitriles is 1. The zero-order valence-electron chi connectivity index (χ0n) is 18.1. The minimum absolute atomic E-state index is 0.0865. The summed E-state index contributed by atoms with van der Waals surface area (Å²) < 4.78 is 30.4. The van der Waals surface area contributed by atoms with Crippen LogP contribution in [0.4, 0.5) is 8.78 Å². The second-order valence-corrected chi connectivity index (χ2v) is 9.55. The first-order valence-electron chi connectivity index (χ1n) is 10.1. The highest BCUT2D eigenvalue weighted by Gasteiger charge is 2.34. The van der Waals surface area contributed by atoms with E-state index in [9.17, 15) is 29.1 Å². The summed E-state index contributed by atoms with van der Waals surface area (Å²) in [6.45, 7) is 5.32. The fourth-order valence-corrected chi connectivity index (χ4v) is 5.02. The van der Waals surface area contributed by atoms with Crippen LogP contribution in [0.5, 0.6) is 5.75 Å². The van der Waals surface area contributed by atoms with E-state index in [2.05, 4.69) is 6.07 Å². The lowest BCUT2D eigenvalue weighted by molar-refractivity contribution is 0.0702. The second kappa shape index (κ2) is 8.01. The van der Waals surface area contributed by atoms with Crippen LogP contribution in [-0.2, 0) is 5.41 Å². The Kier molecular flexibility index (Phi) is 5.46. The molecule has 0 unspecified atom stereocenters. The van der Waals surface area contributed by atoms with Gasteiger partial charge in [-0.15, -0.1) is 11.3 Å². The first-order valence-corrected chi connectivity index (χ1v) is 10.9. The van der Waals surface area contributed by atoms with Gasteiger partial charge in [0.2, 0.25) is 0 Å². The van der Waals surface area contributed by atoms with Crippen molar-refractivity contribution < 1.29 is 23.8 Å².